The zero-order valence-electron chi connectivity index (χ0n) is 11.4. The third-order valence-corrected chi connectivity index (χ3v) is 3.60. The zero-order valence-corrected chi connectivity index (χ0v) is 11.4. The van der Waals surface area contributed by atoms with Crippen LogP contribution in [0.5, 0.6) is 17.2 Å². The van der Waals surface area contributed by atoms with Crippen molar-refractivity contribution < 1.29 is 24.5 Å². The van der Waals surface area contributed by atoms with Crippen molar-refractivity contribution in [2.45, 2.75) is 6.92 Å². The number of hydrogen-bond donors (Lipinski definition) is 2. The van der Waals surface area contributed by atoms with Gasteiger partial charge in [-0.3, -0.25) is 9.59 Å². The molecule has 0 bridgehead atoms. The van der Waals surface area contributed by atoms with Gasteiger partial charge in [-0.05, 0) is 30.5 Å². The number of phenols is 2. The molecule has 0 heterocycles. The van der Waals surface area contributed by atoms with Gasteiger partial charge in [0.05, 0.1) is 18.1 Å². The van der Waals surface area contributed by atoms with Crippen molar-refractivity contribution in [2.24, 2.45) is 0 Å². The maximum Gasteiger partial charge on any atom is 0.190 e. The van der Waals surface area contributed by atoms with E-state index in [1.54, 1.807) is 13.0 Å². The highest BCUT2D eigenvalue weighted by Gasteiger charge is 2.28. The SMILES string of the molecule is COc1cc(O)c2c(O)c3c(cc2c1)C(=O)C(C)=CC3=O. The van der Waals surface area contributed by atoms with Gasteiger partial charge in [-0.25, -0.2) is 0 Å². The van der Waals surface area contributed by atoms with Crippen LogP contribution in [0, 0.1) is 0 Å². The highest BCUT2D eigenvalue weighted by atomic mass is 16.5. The fraction of sp³-hybridized carbons (Fsp3) is 0.125. The second kappa shape index (κ2) is 4.34. The van der Waals surface area contributed by atoms with E-state index in [9.17, 15) is 19.8 Å². The average molecular weight is 284 g/mol. The second-order valence-corrected chi connectivity index (χ2v) is 4.91. The number of carbonyl (C=O) groups excluding carboxylic acids is 2. The maximum absolute atomic E-state index is 12.2. The fourth-order valence-electron chi connectivity index (χ4n) is 2.57. The number of Topliss-reactive ketones (excluding diaryl/α,β-unsaturated/α-hetero) is 1. The monoisotopic (exact) mass is 284 g/mol. The number of fused-ring (bicyclic) bond motifs is 2. The van der Waals surface area contributed by atoms with Crippen molar-refractivity contribution in [3.63, 3.8) is 0 Å². The van der Waals surface area contributed by atoms with Gasteiger partial charge in [0.25, 0.3) is 0 Å². The predicted octanol–water partition coefficient (Wildman–Crippen LogP) is 2.58. The number of carbonyl (C=O) groups is 2. The van der Waals surface area contributed by atoms with Gasteiger partial charge in [0.2, 0.25) is 0 Å². The van der Waals surface area contributed by atoms with Gasteiger partial charge in [-0.1, -0.05) is 0 Å². The van der Waals surface area contributed by atoms with Gasteiger partial charge in [0, 0.05) is 17.2 Å². The number of methoxy groups -OCH3 is 1. The van der Waals surface area contributed by atoms with Gasteiger partial charge in [0.15, 0.2) is 11.6 Å². The van der Waals surface area contributed by atoms with Gasteiger partial charge < -0.3 is 14.9 Å². The molecule has 0 unspecified atom stereocenters. The molecule has 0 spiro atoms. The third kappa shape index (κ3) is 1.78. The molecule has 106 valence electrons. The maximum atomic E-state index is 12.2. The quantitative estimate of drug-likeness (QED) is 0.840. The van der Waals surface area contributed by atoms with E-state index < -0.39 is 5.78 Å². The standard InChI is InChI=1S/C16H12O5/c1-7-3-11(17)14-10(15(7)19)5-8-4-9(21-2)6-12(18)13(8)16(14)20/h3-6,18,20H,1-2H3. The summed E-state index contributed by atoms with van der Waals surface area (Å²) in [4.78, 5) is 24.2. The minimum atomic E-state index is -0.447. The Morgan fingerprint density at radius 2 is 1.81 bits per heavy atom. The first-order valence-electron chi connectivity index (χ1n) is 6.28. The topological polar surface area (TPSA) is 83.8 Å². The summed E-state index contributed by atoms with van der Waals surface area (Å²) >= 11 is 0. The second-order valence-electron chi connectivity index (χ2n) is 4.91. The largest absolute Gasteiger partial charge is 0.507 e. The number of benzene rings is 2. The lowest BCUT2D eigenvalue weighted by molar-refractivity contribution is 0.0982. The third-order valence-electron chi connectivity index (χ3n) is 3.60. The minimum Gasteiger partial charge on any atom is -0.507 e. The summed E-state index contributed by atoms with van der Waals surface area (Å²) in [6, 6.07) is 4.41. The van der Waals surface area contributed by atoms with Gasteiger partial charge >= 0.3 is 0 Å². The van der Waals surface area contributed by atoms with Crippen LogP contribution >= 0.6 is 0 Å². The van der Waals surface area contributed by atoms with Crippen LogP contribution in [0.2, 0.25) is 0 Å². The summed E-state index contributed by atoms with van der Waals surface area (Å²) in [5.41, 5.74) is 0.384. The molecule has 0 saturated carbocycles. The van der Waals surface area contributed by atoms with Crippen molar-refractivity contribution in [2.75, 3.05) is 7.11 Å². The van der Waals surface area contributed by atoms with Crippen LogP contribution in [0.15, 0.2) is 29.8 Å². The molecular weight excluding hydrogens is 272 g/mol. The summed E-state index contributed by atoms with van der Waals surface area (Å²) < 4.78 is 5.05. The van der Waals surface area contributed by atoms with Crippen molar-refractivity contribution in [3.8, 4) is 17.2 Å². The van der Waals surface area contributed by atoms with Crippen molar-refractivity contribution >= 4 is 22.3 Å². The van der Waals surface area contributed by atoms with E-state index in [2.05, 4.69) is 0 Å². The van der Waals surface area contributed by atoms with Crippen LogP contribution in [0.1, 0.15) is 27.6 Å². The number of phenolic OH excluding ortho intramolecular Hbond substituents is 2. The molecule has 0 atom stereocenters. The Bertz CT molecular complexity index is 846. The van der Waals surface area contributed by atoms with Crippen LogP contribution in [0.25, 0.3) is 10.8 Å². The number of hydrogen-bond acceptors (Lipinski definition) is 5. The summed E-state index contributed by atoms with van der Waals surface area (Å²) in [5, 5.41) is 20.9. The van der Waals surface area contributed by atoms with Crippen LogP contribution in [0.3, 0.4) is 0 Å². The predicted molar refractivity (Wildman–Crippen MR) is 76.2 cm³/mol. The van der Waals surface area contributed by atoms with Crippen LogP contribution in [0.4, 0.5) is 0 Å². The number of ether oxygens (including phenoxy) is 1. The first-order chi connectivity index (χ1) is 9.93. The van der Waals surface area contributed by atoms with E-state index in [4.69, 9.17) is 4.74 Å². The normalized spacial score (nSPS) is 14.1. The molecule has 0 aliphatic heterocycles. The molecule has 0 fully saturated rings. The lowest BCUT2D eigenvalue weighted by atomic mass is 9.87. The number of aromatic hydroxyl groups is 2. The minimum absolute atomic E-state index is 0.0708. The molecule has 0 aromatic heterocycles. The molecule has 0 radical (unpaired) electrons. The number of ketones is 2. The molecular formula is C16H12O5. The Morgan fingerprint density at radius 1 is 1.10 bits per heavy atom. The Kier molecular flexibility index (Phi) is 2.73. The molecule has 0 amide bonds. The molecule has 21 heavy (non-hydrogen) atoms. The molecule has 0 saturated heterocycles. The summed E-state index contributed by atoms with van der Waals surface area (Å²) in [7, 11) is 1.44. The van der Waals surface area contributed by atoms with E-state index in [0.717, 1.165) is 0 Å². The average Bonchev–Trinajstić information content (AvgIpc) is 2.43. The highest BCUT2D eigenvalue weighted by Crippen LogP contribution is 2.41. The molecule has 2 aromatic rings. The van der Waals surface area contributed by atoms with Crippen molar-refractivity contribution in [1.29, 1.82) is 0 Å². The van der Waals surface area contributed by atoms with Crippen LogP contribution in [-0.4, -0.2) is 28.9 Å². The molecule has 1 aliphatic carbocycles. The molecule has 2 aromatic carbocycles. The van der Waals surface area contributed by atoms with Crippen molar-refractivity contribution in [3.05, 3.63) is 41.0 Å². The van der Waals surface area contributed by atoms with Gasteiger partial charge in [0.1, 0.15) is 17.2 Å². The van der Waals surface area contributed by atoms with E-state index >= 15 is 0 Å². The molecule has 5 nitrogen and oxygen atoms in total. The summed E-state index contributed by atoms with van der Waals surface area (Å²) in [6.45, 7) is 1.55. The van der Waals surface area contributed by atoms with Crippen LogP contribution < -0.4 is 4.74 Å². The van der Waals surface area contributed by atoms with Crippen molar-refractivity contribution in [1.82, 2.24) is 0 Å². The van der Waals surface area contributed by atoms with E-state index in [0.29, 0.717) is 16.7 Å². The smallest absolute Gasteiger partial charge is 0.190 e. The molecule has 3 rings (SSSR count). The zero-order chi connectivity index (χ0) is 15.3. The molecule has 1 aliphatic rings. The van der Waals surface area contributed by atoms with Gasteiger partial charge in [-0.15, -0.1) is 0 Å². The number of allylic oxidation sites excluding steroid dienone is 2. The lowest BCUT2D eigenvalue weighted by Gasteiger charge is -2.17. The van der Waals surface area contributed by atoms with E-state index in [1.807, 2.05) is 0 Å². The number of rotatable bonds is 1. The van der Waals surface area contributed by atoms with Crippen LogP contribution in [-0.2, 0) is 0 Å². The molecule has 2 N–H and O–H groups in total. The first-order valence-corrected chi connectivity index (χ1v) is 6.28. The Labute approximate surface area is 120 Å². The summed E-state index contributed by atoms with van der Waals surface area (Å²) in [5.74, 6) is -0.969. The highest BCUT2D eigenvalue weighted by molar-refractivity contribution is 6.27. The molecule has 5 heteroatoms. The van der Waals surface area contributed by atoms with E-state index in [-0.39, 0.29) is 33.8 Å². The van der Waals surface area contributed by atoms with E-state index in [1.165, 1.54) is 25.3 Å². The first kappa shape index (κ1) is 13.2. The Hall–Kier alpha value is -2.82. The summed E-state index contributed by atoms with van der Waals surface area (Å²) in [6.07, 6.45) is 1.19. The fourth-order valence-corrected chi connectivity index (χ4v) is 2.57. The Balaban J connectivity index is 2.45. The Morgan fingerprint density at radius 3 is 2.48 bits per heavy atom. The lowest BCUT2D eigenvalue weighted by Crippen LogP contribution is -2.15. The van der Waals surface area contributed by atoms with Gasteiger partial charge in [-0.2, -0.15) is 0 Å².